The van der Waals surface area contributed by atoms with E-state index in [0.717, 1.165) is 29.5 Å². The van der Waals surface area contributed by atoms with Gasteiger partial charge in [-0.05, 0) is 44.1 Å². The monoisotopic (exact) mass is 333 g/mol. The van der Waals surface area contributed by atoms with Crippen LogP contribution in [0.1, 0.15) is 49.4 Å². The fourth-order valence-corrected chi connectivity index (χ4v) is 4.51. The first-order chi connectivity index (χ1) is 11.0. The lowest BCUT2D eigenvalue weighted by Gasteiger charge is -2.22. The third kappa shape index (κ3) is 3.04. The van der Waals surface area contributed by atoms with Crippen molar-refractivity contribution in [3.8, 4) is 0 Å². The number of rotatable bonds is 5. The molecule has 0 radical (unpaired) electrons. The third-order valence-corrected chi connectivity index (χ3v) is 5.88. The molecule has 0 bridgehead atoms. The number of carboxylic acid groups (broad SMARTS) is 1. The maximum Gasteiger partial charge on any atom is 0.326 e. The standard InChI is InChI=1S/C17H23N3O2S/c1-4-9(2)14(17(21)22)20-15-13-11-7-5-6-8-12(11)23-16(13)19-10(3)18-15/h9,14H,4-8H2,1-3H3,(H,21,22)(H,18,19,20). The number of carbonyl (C=O) groups is 1. The number of aliphatic carboxylic acids is 1. The molecule has 2 aromatic heterocycles. The molecule has 124 valence electrons. The highest BCUT2D eigenvalue weighted by molar-refractivity contribution is 7.19. The largest absolute Gasteiger partial charge is 0.480 e. The van der Waals surface area contributed by atoms with Crippen molar-refractivity contribution >= 4 is 33.3 Å². The van der Waals surface area contributed by atoms with Crippen LogP contribution in [-0.2, 0) is 17.6 Å². The first-order valence-corrected chi connectivity index (χ1v) is 9.11. The summed E-state index contributed by atoms with van der Waals surface area (Å²) in [6.45, 7) is 5.83. The molecule has 2 heterocycles. The molecule has 2 atom stereocenters. The SMILES string of the molecule is CCC(C)C(Nc1nc(C)nc2sc3c(c12)CCCC3)C(=O)O. The maximum absolute atomic E-state index is 11.6. The molecule has 1 aliphatic carbocycles. The van der Waals surface area contributed by atoms with Gasteiger partial charge in [0, 0.05) is 4.88 Å². The average molecular weight is 333 g/mol. The summed E-state index contributed by atoms with van der Waals surface area (Å²) in [4.78, 5) is 23.1. The van der Waals surface area contributed by atoms with Gasteiger partial charge in [0.15, 0.2) is 0 Å². The predicted octanol–water partition coefficient (Wildman–Crippen LogP) is 3.79. The van der Waals surface area contributed by atoms with Crippen LogP contribution in [-0.4, -0.2) is 27.1 Å². The Morgan fingerprint density at radius 2 is 2.09 bits per heavy atom. The van der Waals surface area contributed by atoms with E-state index in [9.17, 15) is 9.90 Å². The minimum atomic E-state index is -0.826. The average Bonchev–Trinajstić information content (AvgIpc) is 2.89. The van der Waals surface area contributed by atoms with Crippen molar-refractivity contribution in [3.05, 3.63) is 16.3 Å². The quantitative estimate of drug-likeness (QED) is 0.870. The molecule has 2 aromatic rings. The molecule has 0 spiro atoms. The second kappa shape index (κ2) is 6.43. The van der Waals surface area contributed by atoms with E-state index in [0.29, 0.717) is 11.6 Å². The van der Waals surface area contributed by atoms with Crippen molar-refractivity contribution in [1.82, 2.24) is 9.97 Å². The number of fused-ring (bicyclic) bond motifs is 3. The highest BCUT2D eigenvalue weighted by Crippen LogP contribution is 2.39. The zero-order chi connectivity index (χ0) is 16.6. The van der Waals surface area contributed by atoms with Gasteiger partial charge in [-0.2, -0.15) is 0 Å². The Balaban J connectivity index is 2.08. The first kappa shape index (κ1) is 16.2. The number of thiophene rings is 1. The third-order valence-electron chi connectivity index (χ3n) is 4.70. The van der Waals surface area contributed by atoms with Crippen LogP contribution in [0.4, 0.5) is 5.82 Å². The van der Waals surface area contributed by atoms with E-state index in [4.69, 9.17) is 0 Å². The molecule has 0 fully saturated rings. The molecule has 2 unspecified atom stereocenters. The van der Waals surface area contributed by atoms with Gasteiger partial charge in [0.25, 0.3) is 0 Å². The molecule has 1 aliphatic rings. The van der Waals surface area contributed by atoms with Crippen molar-refractivity contribution in [2.45, 2.75) is 58.9 Å². The van der Waals surface area contributed by atoms with Gasteiger partial charge in [-0.25, -0.2) is 14.8 Å². The van der Waals surface area contributed by atoms with Gasteiger partial charge in [-0.3, -0.25) is 0 Å². The van der Waals surface area contributed by atoms with Crippen LogP contribution in [0.3, 0.4) is 0 Å². The van der Waals surface area contributed by atoms with Gasteiger partial charge in [-0.1, -0.05) is 20.3 Å². The number of hydrogen-bond donors (Lipinski definition) is 2. The van der Waals surface area contributed by atoms with E-state index >= 15 is 0 Å². The van der Waals surface area contributed by atoms with Crippen LogP contribution in [0.5, 0.6) is 0 Å². The highest BCUT2D eigenvalue weighted by Gasteiger charge is 2.27. The molecule has 23 heavy (non-hydrogen) atoms. The van der Waals surface area contributed by atoms with Gasteiger partial charge in [0.1, 0.15) is 22.5 Å². The van der Waals surface area contributed by atoms with Crippen LogP contribution < -0.4 is 5.32 Å². The number of nitrogens with zero attached hydrogens (tertiary/aromatic N) is 2. The Kier molecular flexibility index (Phi) is 4.53. The normalized spacial score (nSPS) is 16.8. The van der Waals surface area contributed by atoms with Crippen molar-refractivity contribution in [2.24, 2.45) is 5.92 Å². The summed E-state index contributed by atoms with van der Waals surface area (Å²) in [6, 6.07) is -0.628. The van der Waals surface area contributed by atoms with Crippen LogP contribution in [0.15, 0.2) is 0 Å². The Labute approximate surface area is 140 Å². The van der Waals surface area contributed by atoms with Crippen LogP contribution in [0.2, 0.25) is 0 Å². The van der Waals surface area contributed by atoms with Crippen LogP contribution >= 0.6 is 11.3 Å². The summed E-state index contributed by atoms with van der Waals surface area (Å²) >= 11 is 1.74. The highest BCUT2D eigenvalue weighted by atomic mass is 32.1. The number of hydrogen-bond acceptors (Lipinski definition) is 5. The van der Waals surface area contributed by atoms with E-state index in [1.165, 1.54) is 23.3 Å². The summed E-state index contributed by atoms with van der Waals surface area (Å²) in [5, 5.41) is 13.8. The van der Waals surface area contributed by atoms with Crippen molar-refractivity contribution in [3.63, 3.8) is 0 Å². The number of carboxylic acids is 1. The summed E-state index contributed by atoms with van der Waals surface area (Å²) in [6.07, 6.45) is 5.35. The second-order valence-corrected chi connectivity index (χ2v) is 7.44. The van der Waals surface area contributed by atoms with Gasteiger partial charge in [-0.15, -0.1) is 11.3 Å². The minimum absolute atomic E-state index is 0.0345. The minimum Gasteiger partial charge on any atom is -0.480 e. The number of aromatic nitrogens is 2. The van der Waals surface area contributed by atoms with Crippen LogP contribution in [0.25, 0.3) is 10.2 Å². The maximum atomic E-state index is 11.6. The van der Waals surface area contributed by atoms with Crippen LogP contribution in [0, 0.1) is 12.8 Å². The summed E-state index contributed by atoms with van der Waals surface area (Å²) in [7, 11) is 0. The smallest absolute Gasteiger partial charge is 0.326 e. The molecular formula is C17H23N3O2S. The number of nitrogens with one attached hydrogen (secondary N) is 1. The zero-order valence-electron chi connectivity index (χ0n) is 13.8. The Bertz CT molecular complexity index is 741. The predicted molar refractivity (Wildman–Crippen MR) is 93.3 cm³/mol. The Morgan fingerprint density at radius 3 is 2.78 bits per heavy atom. The molecule has 0 saturated carbocycles. The van der Waals surface area contributed by atoms with Crippen molar-refractivity contribution in [2.75, 3.05) is 5.32 Å². The van der Waals surface area contributed by atoms with E-state index in [1.54, 1.807) is 11.3 Å². The lowest BCUT2D eigenvalue weighted by Crippen LogP contribution is -2.35. The van der Waals surface area contributed by atoms with Crippen molar-refractivity contribution < 1.29 is 9.90 Å². The Morgan fingerprint density at radius 1 is 1.35 bits per heavy atom. The van der Waals surface area contributed by atoms with E-state index in [-0.39, 0.29) is 5.92 Å². The molecule has 0 aromatic carbocycles. The molecule has 0 saturated heterocycles. The lowest BCUT2D eigenvalue weighted by atomic mass is 9.96. The zero-order valence-corrected chi connectivity index (χ0v) is 14.7. The van der Waals surface area contributed by atoms with Crippen molar-refractivity contribution in [1.29, 1.82) is 0 Å². The Hall–Kier alpha value is -1.69. The lowest BCUT2D eigenvalue weighted by molar-refractivity contribution is -0.139. The molecule has 0 aliphatic heterocycles. The van der Waals surface area contributed by atoms with E-state index in [1.807, 2.05) is 20.8 Å². The fourth-order valence-electron chi connectivity index (χ4n) is 3.20. The fraction of sp³-hybridized carbons (Fsp3) is 0.588. The summed E-state index contributed by atoms with van der Waals surface area (Å²) in [5.41, 5.74) is 1.33. The topological polar surface area (TPSA) is 75.1 Å². The van der Waals surface area contributed by atoms with Gasteiger partial charge >= 0.3 is 5.97 Å². The van der Waals surface area contributed by atoms with E-state index in [2.05, 4.69) is 15.3 Å². The van der Waals surface area contributed by atoms with Gasteiger partial charge < -0.3 is 10.4 Å². The second-order valence-electron chi connectivity index (χ2n) is 6.36. The molecule has 5 nitrogen and oxygen atoms in total. The molecule has 6 heteroatoms. The summed E-state index contributed by atoms with van der Waals surface area (Å²) < 4.78 is 0. The summed E-state index contributed by atoms with van der Waals surface area (Å²) in [5.74, 6) is 0.589. The first-order valence-electron chi connectivity index (χ1n) is 8.29. The molecule has 0 amide bonds. The van der Waals surface area contributed by atoms with Gasteiger partial charge in [0.05, 0.1) is 5.39 Å². The molecular weight excluding hydrogens is 310 g/mol. The van der Waals surface area contributed by atoms with Gasteiger partial charge in [0.2, 0.25) is 0 Å². The number of anilines is 1. The molecule has 3 rings (SSSR count). The van der Waals surface area contributed by atoms with E-state index < -0.39 is 12.0 Å². The molecule has 2 N–H and O–H groups in total. The number of aryl methyl sites for hydroxylation is 3.